The van der Waals surface area contributed by atoms with Gasteiger partial charge in [-0.05, 0) is 32.3 Å². The lowest BCUT2D eigenvalue weighted by Gasteiger charge is -2.32. The van der Waals surface area contributed by atoms with Gasteiger partial charge in [0.25, 0.3) is 0 Å². The van der Waals surface area contributed by atoms with E-state index in [0.717, 1.165) is 35.4 Å². The number of aromatic nitrogens is 2. The van der Waals surface area contributed by atoms with E-state index in [2.05, 4.69) is 9.97 Å². The maximum Gasteiger partial charge on any atom is 0.227 e. The van der Waals surface area contributed by atoms with Crippen molar-refractivity contribution in [3.05, 3.63) is 52.8 Å². The van der Waals surface area contributed by atoms with E-state index < -0.39 is 0 Å². The number of benzene rings is 1. The minimum absolute atomic E-state index is 0.0202. The van der Waals surface area contributed by atoms with Gasteiger partial charge in [0.05, 0.1) is 6.42 Å². The van der Waals surface area contributed by atoms with Gasteiger partial charge in [0.1, 0.15) is 5.78 Å². The summed E-state index contributed by atoms with van der Waals surface area (Å²) in [6.07, 6.45) is 2.38. The van der Waals surface area contributed by atoms with Crippen LogP contribution in [0.3, 0.4) is 0 Å². The fourth-order valence-electron chi connectivity index (χ4n) is 3.69. The molecule has 1 saturated heterocycles. The van der Waals surface area contributed by atoms with Crippen molar-refractivity contribution in [1.82, 2.24) is 14.9 Å². The normalized spacial score (nSPS) is 17.0. The molecule has 27 heavy (non-hydrogen) atoms. The molecule has 1 aromatic heterocycles. The Bertz CT molecular complexity index is 812. The van der Waals surface area contributed by atoms with Crippen LogP contribution < -0.4 is 5.73 Å². The number of carbonyl (C=O) groups is 2. The predicted molar refractivity (Wildman–Crippen MR) is 104 cm³/mol. The van der Waals surface area contributed by atoms with Gasteiger partial charge in [-0.2, -0.15) is 0 Å². The summed E-state index contributed by atoms with van der Waals surface area (Å²) in [4.78, 5) is 35.6. The highest BCUT2D eigenvalue weighted by Gasteiger charge is 2.28. The van der Waals surface area contributed by atoms with Crippen molar-refractivity contribution < 1.29 is 9.59 Å². The summed E-state index contributed by atoms with van der Waals surface area (Å²) >= 11 is 0. The number of Topliss-reactive ketones (excluding diaryl/α,β-unsaturated/α-hetero) is 1. The first-order chi connectivity index (χ1) is 12.9. The molecule has 1 aromatic carbocycles. The van der Waals surface area contributed by atoms with E-state index in [-0.39, 0.29) is 30.0 Å². The summed E-state index contributed by atoms with van der Waals surface area (Å²) in [7, 11) is 0. The molecule has 0 unspecified atom stereocenters. The van der Waals surface area contributed by atoms with Crippen molar-refractivity contribution in [2.45, 2.75) is 39.5 Å². The van der Waals surface area contributed by atoms with Crippen LogP contribution in [0, 0.1) is 19.8 Å². The third kappa shape index (κ3) is 4.70. The van der Waals surface area contributed by atoms with Crippen LogP contribution in [0.5, 0.6) is 0 Å². The number of carbonyl (C=O) groups excluding carboxylic acids is 2. The molecule has 6 heteroatoms. The van der Waals surface area contributed by atoms with Crippen molar-refractivity contribution in [1.29, 1.82) is 0 Å². The summed E-state index contributed by atoms with van der Waals surface area (Å²) in [5.74, 6) is 0.368. The van der Waals surface area contributed by atoms with E-state index in [0.29, 0.717) is 19.5 Å². The zero-order valence-electron chi connectivity index (χ0n) is 15.9. The smallest absolute Gasteiger partial charge is 0.227 e. The molecule has 1 atom stereocenters. The van der Waals surface area contributed by atoms with Crippen LogP contribution in [0.25, 0.3) is 0 Å². The SMILES string of the molecule is Cc1nc(N)nc(C)c1CC(=O)N1CCC[C@@H](C(=O)Cc2ccccc2)C1. The van der Waals surface area contributed by atoms with E-state index in [1.165, 1.54) is 0 Å². The van der Waals surface area contributed by atoms with Crippen LogP contribution in [0.1, 0.15) is 35.4 Å². The minimum atomic E-state index is -0.0900. The van der Waals surface area contributed by atoms with Gasteiger partial charge in [-0.25, -0.2) is 9.97 Å². The molecular formula is C21H26N4O2. The fraction of sp³-hybridized carbons (Fsp3) is 0.429. The largest absolute Gasteiger partial charge is 0.368 e. The van der Waals surface area contributed by atoms with Gasteiger partial charge in [0.2, 0.25) is 11.9 Å². The number of ketones is 1. The molecule has 0 saturated carbocycles. The first-order valence-corrected chi connectivity index (χ1v) is 9.38. The van der Waals surface area contributed by atoms with E-state index in [9.17, 15) is 9.59 Å². The molecule has 1 fully saturated rings. The van der Waals surface area contributed by atoms with Crippen molar-refractivity contribution in [3.63, 3.8) is 0 Å². The van der Waals surface area contributed by atoms with Gasteiger partial charge in [-0.3, -0.25) is 9.59 Å². The fourth-order valence-corrected chi connectivity index (χ4v) is 3.69. The summed E-state index contributed by atoms with van der Waals surface area (Å²) in [6.45, 7) is 4.88. The standard InChI is InChI=1S/C21H26N4O2/c1-14-18(15(2)24-21(22)23-14)12-20(27)25-10-6-9-17(13-25)19(26)11-16-7-4-3-5-8-16/h3-5,7-8,17H,6,9-13H2,1-2H3,(H2,22,23,24)/t17-/m1/s1. The summed E-state index contributed by atoms with van der Waals surface area (Å²) in [5.41, 5.74) is 8.99. The number of hydrogen-bond donors (Lipinski definition) is 1. The Balaban J connectivity index is 1.64. The van der Waals surface area contributed by atoms with Gasteiger partial charge in [-0.1, -0.05) is 30.3 Å². The first-order valence-electron chi connectivity index (χ1n) is 9.38. The number of likely N-dealkylation sites (tertiary alicyclic amines) is 1. The van der Waals surface area contributed by atoms with Crippen molar-refractivity contribution in [3.8, 4) is 0 Å². The van der Waals surface area contributed by atoms with E-state index in [1.54, 1.807) is 0 Å². The quantitative estimate of drug-likeness (QED) is 0.877. The summed E-state index contributed by atoms with van der Waals surface area (Å²) in [6, 6.07) is 9.77. The van der Waals surface area contributed by atoms with Gasteiger partial charge in [0, 0.05) is 42.4 Å². The Labute approximate surface area is 159 Å². The molecule has 0 bridgehead atoms. The Morgan fingerprint density at radius 3 is 2.44 bits per heavy atom. The van der Waals surface area contributed by atoms with E-state index >= 15 is 0 Å². The predicted octanol–water partition coefficient (Wildman–Crippen LogP) is 2.27. The average molecular weight is 366 g/mol. The van der Waals surface area contributed by atoms with Gasteiger partial charge in [-0.15, -0.1) is 0 Å². The molecule has 2 N–H and O–H groups in total. The molecule has 0 aliphatic carbocycles. The Morgan fingerprint density at radius 1 is 1.11 bits per heavy atom. The number of amides is 1. The van der Waals surface area contributed by atoms with Crippen molar-refractivity contribution in [2.24, 2.45) is 5.92 Å². The zero-order valence-corrected chi connectivity index (χ0v) is 15.9. The molecule has 1 aliphatic heterocycles. The van der Waals surface area contributed by atoms with Crippen molar-refractivity contribution >= 4 is 17.6 Å². The summed E-state index contributed by atoms with van der Waals surface area (Å²) < 4.78 is 0. The lowest BCUT2D eigenvalue weighted by atomic mass is 9.90. The maximum absolute atomic E-state index is 12.8. The lowest BCUT2D eigenvalue weighted by molar-refractivity contribution is -0.134. The molecule has 2 aromatic rings. The molecule has 3 rings (SSSR count). The molecule has 0 radical (unpaired) electrons. The number of nitrogens with two attached hydrogens (primary N) is 1. The number of aryl methyl sites for hydroxylation is 2. The number of nitrogens with zero attached hydrogens (tertiary/aromatic N) is 3. The third-order valence-electron chi connectivity index (χ3n) is 5.22. The topological polar surface area (TPSA) is 89.2 Å². The maximum atomic E-state index is 12.8. The zero-order chi connectivity index (χ0) is 19.4. The van der Waals surface area contributed by atoms with Gasteiger partial charge >= 0.3 is 0 Å². The molecule has 142 valence electrons. The van der Waals surface area contributed by atoms with Crippen molar-refractivity contribution in [2.75, 3.05) is 18.8 Å². The number of piperidine rings is 1. The highest BCUT2D eigenvalue weighted by atomic mass is 16.2. The third-order valence-corrected chi connectivity index (χ3v) is 5.22. The van der Waals surface area contributed by atoms with Crippen LogP contribution >= 0.6 is 0 Å². The number of rotatable bonds is 5. The van der Waals surface area contributed by atoms with Crippen LogP contribution in [0.2, 0.25) is 0 Å². The van der Waals surface area contributed by atoms with Crippen LogP contribution in [0.4, 0.5) is 5.95 Å². The Morgan fingerprint density at radius 2 is 1.78 bits per heavy atom. The van der Waals surface area contributed by atoms with Crippen LogP contribution in [-0.4, -0.2) is 39.6 Å². The molecule has 0 spiro atoms. The summed E-state index contributed by atoms with van der Waals surface area (Å²) in [5, 5.41) is 0. The van der Waals surface area contributed by atoms with Crippen LogP contribution in [0.15, 0.2) is 30.3 Å². The Kier molecular flexibility index (Phi) is 5.84. The van der Waals surface area contributed by atoms with Crippen LogP contribution in [-0.2, 0) is 22.4 Å². The monoisotopic (exact) mass is 366 g/mol. The number of hydrogen-bond acceptors (Lipinski definition) is 5. The highest BCUT2D eigenvalue weighted by molar-refractivity contribution is 5.85. The van der Waals surface area contributed by atoms with Gasteiger partial charge in [0.15, 0.2) is 0 Å². The lowest BCUT2D eigenvalue weighted by Crippen LogP contribution is -2.43. The molecule has 1 amide bonds. The molecule has 1 aliphatic rings. The number of anilines is 1. The number of nitrogen functional groups attached to an aromatic ring is 1. The molecule has 6 nitrogen and oxygen atoms in total. The van der Waals surface area contributed by atoms with Gasteiger partial charge < -0.3 is 10.6 Å². The first kappa shape index (κ1) is 19.0. The molecular weight excluding hydrogens is 340 g/mol. The second kappa shape index (κ2) is 8.29. The second-order valence-electron chi connectivity index (χ2n) is 7.22. The highest BCUT2D eigenvalue weighted by Crippen LogP contribution is 2.21. The van der Waals surface area contributed by atoms with E-state index in [4.69, 9.17) is 5.73 Å². The van der Waals surface area contributed by atoms with E-state index in [1.807, 2.05) is 49.1 Å². The average Bonchev–Trinajstić information content (AvgIpc) is 2.65. The minimum Gasteiger partial charge on any atom is -0.368 e. The molecule has 2 heterocycles. The Hall–Kier alpha value is -2.76. The second-order valence-corrected chi connectivity index (χ2v) is 7.22.